The lowest BCUT2D eigenvalue weighted by molar-refractivity contribution is -0.119. The number of halogens is 2. The van der Waals surface area contributed by atoms with Gasteiger partial charge in [-0.15, -0.1) is 0 Å². The van der Waals surface area contributed by atoms with Crippen molar-refractivity contribution in [3.05, 3.63) is 94.0 Å². The van der Waals surface area contributed by atoms with Crippen LogP contribution < -0.4 is 9.62 Å². The molecule has 1 N–H and O–H groups in total. The van der Waals surface area contributed by atoms with Crippen LogP contribution in [0.3, 0.4) is 0 Å². The quantitative estimate of drug-likeness (QED) is 0.354. The van der Waals surface area contributed by atoms with Crippen molar-refractivity contribution in [1.82, 2.24) is 5.32 Å². The number of nitrogens with one attached hydrogen (secondary N) is 1. The van der Waals surface area contributed by atoms with Crippen LogP contribution >= 0.6 is 35.0 Å². The normalized spacial score (nSPS) is 11.2. The van der Waals surface area contributed by atoms with Gasteiger partial charge in [0.1, 0.15) is 6.54 Å². The van der Waals surface area contributed by atoms with Crippen LogP contribution in [0.1, 0.15) is 11.1 Å². The minimum Gasteiger partial charge on any atom is -0.354 e. The van der Waals surface area contributed by atoms with E-state index in [-0.39, 0.29) is 17.3 Å². The lowest BCUT2D eigenvalue weighted by Gasteiger charge is -2.25. The molecule has 1 amide bonds. The molecule has 9 heteroatoms. The van der Waals surface area contributed by atoms with E-state index in [2.05, 4.69) is 5.32 Å². The molecular formula is C24H24Cl2N2O3S2. The van der Waals surface area contributed by atoms with Crippen LogP contribution in [0.5, 0.6) is 0 Å². The molecule has 0 aromatic heterocycles. The maximum atomic E-state index is 13.4. The van der Waals surface area contributed by atoms with Crippen LogP contribution in [0.15, 0.2) is 77.7 Å². The van der Waals surface area contributed by atoms with Gasteiger partial charge in [0.2, 0.25) is 5.91 Å². The zero-order chi connectivity index (χ0) is 23.8. The number of sulfonamides is 1. The van der Waals surface area contributed by atoms with Crippen molar-refractivity contribution in [1.29, 1.82) is 0 Å². The molecule has 0 atom stereocenters. The van der Waals surface area contributed by atoms with Crippen LogP contribution in [-0.2, 0) is 20.6 Å². The molecule has 0 aliphatic heterocycles. The monoisotopic (exact) mass is 522 g/mol. The molecule has 0 fully saturated rings. The molecule has 0 bridgehead atoms. The summed E-state index contributed by atoms with van der Waals surface area (Å²) < 4.78 is 27.9. The Morgan fingerprint density at radius 3 is 2.39 bits per heavy atom. The van der Waals surface area contributed by atoms with Crippen LogP contribution in [-0.4, -0.2) is 33.2 Å². The first-order chi connectivity index (χ1) is 15.8. The first-order valence-electron chi connectivity index (χ1n) is 10.2. The third-order valence-electron chi connectivity index (χ3n) is 4.77. The van der Waals surface area contributed by atoms with Gasteiger partial charge < -0.3 is 5.32 Å². The number of hydrogen-bond acceptors (Lipinski definition) is 4. The summed E-state index contributed by atoms with van der Waals surface area (Å²) in [6, 6.07) is 20.6. The fourth-order valence-electron chi connectivity index (χ4n) is 3.18. The summed E-state index contributed by atoms with van der Waals surface area (Å²) in [6.45, 7) is 1.85. The molecular weight excluding hydrogens is 499 g/mol. The number of nitrogens with zero attached hydrogens (tertiary/aromatic N) is 1. The number of carbonyl (C=O) groups excluding carboxylic acids is 1. The van der Waals surface area contributed by atoms with Crippen molar-refractivity contribution < 1.29 is 13.2 Å². The van der Waals surface area contributed by atoms with Crippen molar-refractivity contribution in [3.8, 4) is 0 Å². The second kappa shape index (κ2) is 11.8. The van der Waals surface area contributed by atoms with E-state index in [4.69, 9.17) is 23.2 Å². The zero-order valence-electron chi connectivity index (χ0n) is 18.0. The van der Waals surface area contributed by atoms with Crippen LogP contribution in [0.2, 0.25) is 10.0 Å². The Balaban J connectivity index is 1.66. The largest absolute Gasteiger partial charge is 0.354 e. The van der Waals surface area contributed by atoms with Crippen LogP contribution in [0.4, 0.5) is 5.69 Å². The van der Waals surface area contributed by atoms with E-state index in [0.29, 0.717) is 33.6 Å². The Bertz CT molecular complexity index is 1210. The highest BCUT2D eigenvalue weighted by atomic mass is 35.5. The Hall–Kier alpha value is -2.19. The molecule has 0 spiro atoms. The Morgan fingerprint density at radius 1 is 0.970 bits per heavy atom. The van der Waals surface area contributed by atoms with Crippen molar-refractivity contribution in [2.24, 2.45) is 0 Å². The Labute approximate surface area is 209 Å². The topological polar surface area (TPSA) is 66.5 Å². The Morgan fingerprint density at radius 2 is 1.70 bits per heavy atom. The summed E-state index contributed by atoms with van der Waals surface area (Å²) in [5, 5.41) is 4.01. The van der Waals surface area contributed by atoms with E-state index in [1.54, 1.807) is 55.1 Å². The second-order valence-corrected chi connectivity index (χ2v) is 11.1. The van der Waals surface area contributed by atoms with Gasteiger partial charge in [-0.3, -0.25) is 9.10 Å². The SMILES string of the molecule is Cc1cc(Cl)ccc1N(CC(=O)NCCSCc1cccc(Cl)c1)S(=O)(=O)c1ccccc1. The number of anilines is 1. The fraction of sp³-hybridized carbons (Fsp3) is 0.208. The Kier molecular flexibility index (Phi) is 9.09. The molecule has 0 unspecified atom stereocenters. The van der Waals surface area contributed by atoms with Crippen molar-refractivity contribution in [2.75, 3.05) is 23.1 Å². The molecule has 3 aromatic carbocycles. The molecule has 3 rings (SSSR count). The first-order valence-corrected chi connectivity index (χ1v) is 13.6. The molecule has 0 saturated heterocycles. The lowest BCUT2D eigenvalue weighted by Crippen LogP contribution is -2.41. The van der Waals surface area contributed by atoms with Gasteiger partial charge in [0, 0.05) is 28.1 Å². The first kappa shape index (κ1) is 25.4. The summed E-state index contributed by atoms with van der Waals surface area (Å²) in [6.07, 6.45) is 0. The number of benzene rings is 3. The van der Waals surface area contributed by atoms with Crippen molar-refractivity contribution in [2.45, 2.75) is 17.6 Å². The standard InChI is InChI=1S/C24H24Cl2N2O3S2/c1-18-14-21(26)10-11-23(18)28(33(30,31)22-8-3-2-4-9-22)16-24(29)27-12-13-32-17-19-6-5-7-20(25)15-19/h2-11,14-15H,12-13,16-17H2,1H3,(H,27,29). The minimum absolute atomic E-state index is 0.115. The summed E-state index contributed by atoms with van der Waals surface area (Å²) in [4.78, 5) is 12.8. The highest BCUT2D eigenvalue weighted by Crippen LogP contribution is 2.28. The third-order valence-corrected chi connectivity index (χ3v) is 8.05. The van der Waals surface area contributed by atoms with Gasteiger partial charge >= 0.3 is 0 Å². The average molecular weight is 524 g/mol. The third kappa shape index (κ3) is 7.14. The number of carbonyl (C=O) groups is 1. The van der Waals surface area contributed by atoms with E-state index in [1.807, 2.05) is 24.3 Å². The van der Waals surface area contributed by atoms with Crippen LogP contribution in [0, 0.1) is 6.92 Å². The van der Waals surface area contributed by atoms with Gasteiger partial charge in [-0.25, -0.2) is 8.42 Å². The highest BCUT2D eigenvalue weighted by Gasteiger charge is 2.28. The summed E-state index contributed by atoms with van der Waals surface area (Å²) in [7, 11) is -3.95. The minimum atomic E-state index is -3.95. The average Bonchev–Trinajstić information content (AvgIpc) is 2.78. The highest BCUT2D eigenvalue weighted by molar-refractivity contribution is 7.98. The molecule has 33 heavy (non-hydrogen) atoms. The predicted molar refractivity (Wildman–Crippen MR) is 138 cm³/mol. The number of rotatable bonds is 10. The molecule has 5 nitrogen and oxygen atoms in total. The van der Waals surface area contributed by atoms with Gasteiger partial charge in [-0.2, -0.15) is 11.8 Å². The van der Waals surface area contributed by atoms with Crippen molar-refractivity contribution >= 4 is 56.6 Å². The molecule has 0 radical (unpaired) electrons. The smallest absolute Gasteiger partial charge is 0.264 e. The van der Waals surface area contributed by atoms with Gasteiger partial charge in [-0.1, -0.05) is 53.5 Å². The van der Waals surface area contributed by atoms with E-state index < -0.39 is 10.0 Å². The lowest BCUT2D eigenvalue weighted by atomic mass is 10.2. The second-order valence-electron chi connectivity index (χ2n) is 7.29. The molecule has 0 aliphatic carbocycles. The number of hydrogen-bond donors (Lipinski definition) is 1. The van der Waals surface area contributed by atoms with Gasteiger partial charge in [0.05, 0.1) is 10.6 Å². The molecule has 3 aromatic rings. The van der Waals surface area contributed by atoms with Crippen molar-refractivity contribution in [3.63, 3.8) is 0 Å². The predicted octanol–water partition coefficient (Wildman–Crippen LogP) is 5.55. The maximum absolute atomic E-state index is 13.4. The van der Waals surface area contributed by atoms with E-state index in [1.165, 1.54) is 12.1 Å². The number of thioether (sulfide) groups is 1. The molecule has 0 aliphatic rings. The van der Waals surface area contributed by atoms with Gasteiger partial charge in [0.15, 0.2) is 0 Å². The number of aryl methyl sites for hydroxylation is 1. The summed E-state index contributed by atoms with van der Waals surface area (Å²) in [5.74, 6) is 1.07. The summed E-state index contributed by atoms with van der Waals surface area (Å²) in [5.41, 5.74) is 2.18. The molecule has 174 valence electrons. The fourth-order valence-corrected chi connectivity index (χ4v) is 5.94. The van der Waals surface area contributed by atoms with Gasteiger partial charge in [-0.05, 0) is 60.5 Å². The van der Waals surface area contributed by atoms with E-state index >= 15 is 0 Å². The van der Waals surface area contributed by atoms with Crippen LogP contribution in [0.25, 0.3) is 0 Å². The zero-order valence-corrected chi connectivity index (χ0v) is 21.1. The van der Waals surface area contributed by atoms with Gasteiger partial charge in [0.25, 0.3) is 10.0 Å². The molecule has 0 saturated carbocycles. The van der Waals surface area contributed by atoms with E-state index in [0.717, 1.165) is 15.6 Å². The molecule has 0 heterocycles. The maximum Gasteiger partial charge on any atom is 0.264 e. The number of amides is 1. The van der Waals surface area contributed by atoms with E-state index in [9.17, 15) is 13.2 Å². The summed E-state index contributed by atoms with van der Waals surface area (Å²) >= 11 is 13.7.